The van der Waals surface area contributed by atoms with E-state index in [2.05, 4.69) is 0 Å². The standard InChI is InChI=1S/C7H14O5/c1-7(11)2-4(9)6(12-7)5(10)3-8/h4-6,8-11H,2-3H2,1H3/t4-,5-,6-,7+/m1/s1. The van der Waals surface area contributed by atoms with E-state index in [-0.39, 0.29) is 6.42 Å². The first-order chi connectivity index (χ1) is 5.46. The van der Waals surface area contributed by atoms with E-state index in [1.54, 1.807) is 0 Å². The smallest absolute Gasteiger partial charge is 0.165 e. The Morgan fingerprint density at radius 1 is 1.67 bits per heavy atom. The third kappa shape index (κ3) is 1.94. The zero-order valence-corrected chi connectivity index (χ0v) is 6.84. The highest BCUT2D eigenvalue weighted by molar-refractivity contribution is 4.88. The van der Waals surface area contributed by atoms with Gasteiger partial charge in [0.2, 0.25) is 0 Å². The Hall–Kier alpha value is -0.200. The topological polar surface area (TPSA) is 90.2 Å². The molecule has 1 saturated heterocycles. The zero-order valence-electron chi connectivity index (χ0n) is 6.84. The lowest BCUT2D eigenvalue weighted by Crippen LogP contribution is -2.37. The Morgan fingerprint density at radius 2 is 2.25 bits per heavy atom. The number of aliphatic hydroxyl groups excluding tert-OH is 3. The molecule has 0 spiro atoms. The van der Waals surface area contributed by atoms with Crippen LogP contribution in [0.4, 0.5) is 0 Å². The van der Waals surface area contributed by atoms with Crippen molar-refractivity contribution in [1.29, 1.82) is 0 Å². The summed E-state index contributed by atoms with van der Waals surface area (Å²) in [6.45, 7) is 0.915. The van der Waals surface area contributed by atoms with Crippen molar-refractivity contribution in [3.05, 3.63) is 0 Å². The minimum Gasteiger partial charge on any atom is -0.394 e. The molecule has 5 nitrogen and oxygen atoms in total. The SMILES string of the molecule is C[C@@]1(O)C[C@@H](O)[C@H]([C@H](O)CO)O1. The van der Waals surface area contributed by atoms with E-state index in [0.29, 0.717) is 0 Å². The predicted molar refractivity (Wildman–Crippen MR) is 39.2 cm³/mol. The highest BCUT2D eigenvalue weighted by atomic mass is 16.7. The van der Waals surface area contributed by atoms with Crippen LogP contribution in [0, 0.1) is 0 Å². The molecule has 1 rings (SSSR count). The van der Waals surface area contributed by atoms with Gasteiger partial charge in [0, 0.05) is 6.42 Å². The summed E-state index contributed by atoms with van der Waals surface area (Å²) >= 11 is 0. The van der Waals surface area contributed by atoms with Gasteiger partial charge in [-0.1, -0.05) is 0 Å². The molecule has 1 aliphatic heterocycles. The average molecular weight is 178 g/mol. The molecule has 5 heteroatoms. The van der Waals surface area contributed by atoms with E-state index in [4.69, 9.17) is 14.9 Å². The van der Waals surface area contributed by atoms with Crippen LogP contribution in [0.5, 0.6) is 0 Å². The second kappa shape index (κ2) is 3.27. The number of aliphatic hydroxyl groups is 4. The molecule has 0 saturated carbocycles. The van der Waals surface area contributed by atoms with Gasteiger partial charge in [0.1, 0.15) is 12.2 Å². The highest BCUT2D eigenvalue weighted by Crippen LogP contribution is 2.29. The van der Waals surface area contributed by atoms with Gasteiger partial charge in [0.25, 0.3) is 0 Å². The zero-order chi connectivity index (χ0) is 9.35. The van der Waals surface area contributed by atoms with E-state index in [1.165, 1.54) is 6.92 Å². The molecule has 0 aromatic heterocycles. The van der Waals surface area contributed by atoms with Crippen molar-refractivity contribution in [3.63, 3.8) is 0 Å². The van der Waals surface area contributed by atoms with Gasteiger partial charge in [-0.05, 0) is 6.92 Å². The van der Waals surface area contributed by atoms with Crippen LogP contribution < -0.4 is 0 Å². The van der Waals surface area contributed by atoms with Crippen LogP contribution >= 0.6 is 0 Å². The third-order valence-corrected chi connectivity index (χ3v) is 1.92. The molecule has 4 N–H and O–H groups in total. The maximum Gasteiger partial charge on any atom is 0.165 e. The Bertz CT molecular complexity index is 158. The normalized spacial score (nSPS) is 44.8. The summed E-state index contributed by atoms with van der Waals surface area (Å²) in [5.41, 5.74) is 0. The van der Waals surface area contributed by atoms with Crippen LogP contribution in [-0.2, 0) is 4.74 Å². The lowest BCUT2D eigenvalue weighted by molar-refractivity contribution is -0.200. The second-order valence-corrected chi connectivity index (χ2v) is 3.28. The Balaban J connectivity index is 2.57. The molecule has 0 unspecified atom stereocenters. The molecule has 4 atom stereocenters. The van der Waals surface area contributed by atoms with E-state index < -0.39 is 30.7 Å². The van der Waals surface area contributed by atoms with Crippen LogP contribution in [0.25, 0.3) is 0 Å². The summed E-state index contributed by atoms with van der Waals surface area (Å²) in [5.74, 6) is -1.40. The predicted octanol–water partition coefficient (Wildman–Crippen LogP) is -1.80. The van der Waals surface area contributed by atoms with Gasteiger partial charge in [-0.3, -0.25) is 0 Å². The Morgan fingerprint density at radius 3 is 2.58 bits per heavy atom. The van der Waals surface area contributed by atoms with Gasteiger partial charge in [0.15, 0.2) is 5.79 Å². The fourth-order valence-electron chi connectivity index (χ4n) is 1.36. The van der Waals surface area contributed by atoms with E-state index in [1.807, 2.05) is 0 Å². The molecule has 12 heavy (non-hydrogen) atoms. The summed E-state index contributed by atoms with van der Waals surface area (Å²) in [6, 6.07) is 0. The van der Waals surface area contributed by atoms with Crippen molar-refractivity contribution in [2.24, 2.45) is 0 Å². The number of hydrogen-bond donors (Lipinski definition) is 4. The van der Waals surface area contributed by atoms with E-state index in [0.717, 1.165) is 0 Å². The van der Waals surface area contributed by atoms with Crippen LogP contribution in [0.3, 0.4) is 0 Å². The highest BCUT2D eigenvalue weighted by Gasteiger charge is 2.44. The first-order valence-electron chi connectivity index (χ1n) is 3.83. The first kappa shape index (κ1) is 9.88. The monoisotopic (exact) mass is 178 g/mol. The second-order valence-electron chi connectivity index (χ2n) is 3.28. The molecule has 1 heterocycles. The lowest BCUT2D eigenvalue weighted by atomic mass is 10.1. The molecule has 72 valence electrons. The van der Waals surface area contributed by atoms with Gasteiger partial charge in [-0.2, -0.15) is 0 Å². The Kier molecular flexibility index (Phi) is 2.70. The largest absolute Gasteiger partial charge is 0.394 e. The molecular weight excluding hydrogens is 164 g/mol. The quantitative estimate of drug-likeness (QED) is 0.400. The lowest BCUT2D eigenvalue weighted by Gasteiger charge is -2.20. The third-order valence-electron chi connectivity index (χ3n) is 1.92. The minimum absolute atomic E-state index is 0.0503. The molecule has 0 aromatic carbocycles. The van der Waals surface area contributed by atoms with Crippen molar-refractivity contribution >= 4 is 0 Å². The number of ether oxygens (including phenoxy) is 1. The van der Waals surface area contributed by atoms with Gasteiger partial charge in [-0.25, -0.2) is 0 Å². The van der Waals surface area contributed by atoms with Gasteiger partial charge < -0.3 is 25.2 Å². The summed E-state index contributed by atoms with van der Waals surface area (Å²) in [5, 5.41) is 36.2. The maximum absolute atomic E-state index is 9.30. The number of hydrogen-bond acceptors (Lipinski definition) is 5. The summed E-state index contributed by atoms with van der Waals surface area (Å²) < 4.78 is 4.91. The molecule has 0 aliphatic carbocycles. The fraction of sp³-hybridized carbons (Fsp3) is 1.00. The first-order valence-corrected chi connectivity index (χ1v) is 3.83. The van der Waals surface area contributed by atoms with Crippen molar-refractivity contribution in [2.75, 3.05) is 6.61 Å². The summed E-state index contributed by atoms with van der Waals surface area (Å²) in [7, 11) is 0. The van der Waals surface area contributed by atoms with Crippen molar-refractivity contribution in [2.45, 2.75) is 37.4 Å². The molecular formula is C7H14O5. The van der Waals surface area contributed by atoms with Gasteiger partial charge in [-0.15, -0.1) is 0 Å². The molecule has 0 radical (unpaired) electrons. The van der Waals surface area contributed by atoms with Gasteiger partial charge >= 0.3 is 0 Å². The van der Waals surface area contributed by atoms with Crippen molar-refractivity contribution in [3.8, 4) is 0 Å². The van der Waals surface area contributed by atoms with Crippen molar-refractivity contribution in [1.82, 2.24) is 0 Å². The summed E-state index contributed by atoms with van der Waals surface area (Å²) in [6.07, 6.45) is -2.92. The molecule has 0 bridgehead atoms. The fourth-order valence-corrected chi connectivity index (χ4v) is 1.36. The molecule has 0 amide bonds. The van der Waals surface area contributed by atoms with Crippen molar-refractivity contribution < 1.29 is 25.2 Å². The number of rotatable bonds is 2. The molecule has 0 aromatic rings. The maximum atomic E-state index is 9.30. The van der Waals surface area contributed by atoms with Crippen LogP contribution in [0.1, 0.15) is 13.3 Å². The molecule has 1 fully saturated rings. The van der Waals surface area contributed by atoms with Crippen LogP contribution in [0.2, 0.25) is 0 Å². The summed E-state index contributed by atoms with van der Waals surface area (Å²) in [4.78, 5) is 0. The average Bonchev–Trinajstić information content (AvgIpc) is 2.23. The minimum atomic E-state index is -1.40. The van der Waals surface area contributed by atoms with E-state index in [9.17, 15) is 10.2 Å². The Labute approximate surface area is 70.2 Å². The van der Waals surface area contributed by atoms with E-state index >= 15 is 0 Å². The molecule has 1 aliphatic rings. The van der Waals surface area contributed by atoms with Crippen LogP contribution in [0.15, 0.2) is 0 Å². The van der Waals surface area contributed by atoms with Gasteiger partial charge in [0.05, 0.1) is 12.7 Å². The van der Waals surface area contributed by atoms with Crippen LogP contribution in [-0.4, -0.2) is 51.1 Å².